The number of rotatable bonds is 5. The highest BCUT2D eigenvalue weighted by molar-refractivity contribution is 9.10. The highest BCUT2D eigenvalue weighted by Crippen LogP contribution is 2.23. The third kappa shape index (κ3) is 3.19. The number of halogens is 1. The van der Waals surface area contributed by atoms with Crippen molar-refractivity contribution in [1.29, 1.82) is 0 Å². The summed E-state index contributed by atoms with van der Waals surface area (Å²) in [6.45, 7) is 2.95. The zero-order chi connectivity index (χ0) is 13.0. The lowest BCUT2D eigenvalue weighted by Crippen LogP contribution is -2.06. The Hall–Kier alpha value is -1.63. The molecule has 0 atom stereocenters. The van der Waals surface area contributed by atoms with Crippen LogP contribution in [0.4, 0.5) is 17.5 Å². The summed E-state index contributed by atoms with van der Waals surface area (Å²) in [4.78, 5) is 8.59. The Morgan fingerprint density at radius 1 is 1.39 bits per heavy atom. The second-order valence-corrected chi connectivity index (χ2v) is 4.70. The molecule has 0 fully saturated rings. The number of aromatic nitrogens is 4. The van der Waals surface area contributed by atoms with Crippen LogP contribution in [-0.2, 0) is 7.05 Å². The maximum Gasteiger partial charge on any atom is 0.224 e. The first-order valence-corrected chi connectivity index (χ1v) is 6.50. The highest BCUT2D eigenvalue weighted by atomic mass is 79.9. The summed E-state index contributed by atoms with van der Waals surface area (Å²) in [5.41, 5.74) is 0.887. The smallest absolute Gasteiger partial charge is 0.224 e. The van der Waals surface area contributed by atoms with Crippen molar-refractivity contribution >= 4 is 33.4 Å². The van der Waals surface area contributed by atoms with Gasteiger partial charge in [-0.3, -0.25) is 4.68 Å². The van der Waals surface area contributed by atoms with Crippen LogP contribution in [0.3, 0.4) is 0 Å². The second-order valence-electron chi connectivity index (χ2n) is 3.84. The third-order valence-electron chi connectivity index (χ3n) is 2.24. The van der Waals surface area contributed by atoms with E-state index >= 15 is 0 Å². The molecule has 0 aliphatic rings. The zero-order valence-corrected chi connectivity index (χ0v) is 11.9. The Morgan fingerprint density at radius 2 is 2.22 bits per heavy atom. The summed E-state index contributed by atoms with van der Waals surface area (Å²) in [5.74, 6) is 1.34. The van der Waals surface area contributed by atoms with E-state index in [0.717, 1.165) is 28.9 Å². The molecule has 0 amide bonds. The van der Waals surface area contributed by atoms with E-state index in [1.165, 1.54) is 0 Å². The molecule has 6 nitrogen and oxygen atoms in total. The number of hydrogen-bond acceptors (Lipinski definition) is 5. The summed E-state index contributed by atoms with van der Waals surface area (Å²) in [6.07, 6.45) is 6.38. The van der Waals surface area contributed by atoms with Crippen LogP contribution in [0, 0.1) is 0 Å². The van der Waals surface area contributed by atoms with Crippen LogP contribution in [0.5, 0.6) is 0 Å². The van der Waals surface area contributed by atoms with Gasteiger partial charge in [0.05, 0.1) is 16.4 Å². The Labute approximate surface area is 114 Å². The van der Waals surface area contributed by atoms with E-state index in [1.54, 1.807) is 17.1 Å². The van der Waals surface area contributed by atoms with Gasteiger partial charge >= 0.3 is 0 Å². The maximum atomic E-state index is 4.40. The van der Waals surface area contributed by atoms with Crippen LogP contribution >= 0.6 is 15.9 Å². The van der Waals surface area contributed by atoms with Gasteiger partial charge in [-0.1, -0.05) is 6.92 Å². The molecule has 2 N–H and O–H groups in total. The van der Waals surface area contributed by atoms with E-state index in [9.17, 15) is 0 Å². The van der Waals surface area contributed by atoms with Gasteiger partial charge in [-0.25, -0.2) is 4.98 Å². The average Bonchev–Trinajstić information content (AvgIpc) is 2.76. The van der Waals surface area contributed by atoms with Gasteiger partial charge in [0.2, 0.25) is 5.95 Å². The van der Waals surface area contributed by atoms with Crippen LogP contribution in [0.25, 0.3) is 0 Å². The lowest BCUT2D eigenvalue weighted by molar-refractivity contribution is 0.768. The van der Waals surface area contributed by atoms with Gasteiger partial charge in [0.1, 0.15) is 5.82 Å². The van der Waals surface area contributed by atoms with E-state index in [2.05, 4.69) is 48.6 Å². The van der Waals surface area contributed by atoms with Crippen LogP contribution < -0.4 is 10.6 Å². The highest BCUT2D eigenvalue weighted by Gasteiger charge is 2.06. The molecular weight excluding hydrogens is 296 g/mol. The molecule has 0 unspecified atom stereocenters. The van der Waals surface area contributed by atoms with Gasteiger partial charge in [0.15, 0.2) is 0 Å². The molecule has 7 heteroatoms. The molecule has 0 saturated heterocycles. The van der Waals surface area contributed by atoms with Gasteiger partial charge in [-0.2, -0.15) is 10.1 Å². The minimum absolute atomic E-state index is 0.617. The molecule has 2 rings (SSSR count). The van der Waals surface area contributed by atoms with Crippen molar-refractivity contribution in [2.24, 2.45) is 7.05 Å². The first-order chi connectivity index (χ1) is 8.69. The molecule has 18 heavy (non-hydrogen) atoms. The van der Waals surface area contributed by atoms with Gasteiger partial charge in [0, 0.05) is 26.0 Å². The first kappa shape index (κ1) is 12.8. The molecule has 0 aromatic carbocycles. The largest absolute Gasteiger partial charge is 0.354 e. The van der Waals surface area contributed by atoms with Crippen molar-refractivity contribution in [1.82, 2.24) is 19.7 Å². The second kappa shape index (κ2) is 5.81. The molecule has 0 bridgehead atoms. The van der Waals surface area contributed by atoms with Crippen molar-refractivity contribution in [3.05, 3.63) is 23.1 Å². The molecule has 2 heterocycles. The Balaban J connectivity index is 2.15. The van der Waals surface area contributed by atoms with Crippen molar-refractivity contribution in [3.8, 4) is 0 Å². The predicted octanol–water partition coefficient (Wildman–Crippen LogP) is 2.54. The Morgan fingerprint density at radius 3 is 2.89 bits per heavy atom. The normalized spacial score (nSPS) is 10.4. The molecule has 0 spiro atoms. The lowest BCUT2D eigenvalue weighted by Gasteiger charge is -2.08. The zero-order valence-electron chi connectivity index (χ0n) is 10.3. The fourth-order valence-electron chi connectivity index (χ4n) is 1.40. The Bertz CT molecular complexity index is 524. The minimum Gasteiger partial charge on any atom is -0.354 e. The van der Waals surface area contributed by atoms with Crippen molar-refractivity contribution < 1.29 is 0 Å². The van der Waals surface area contributed by atoms with Crippen LogP contribution in [0.2, 0.25) is 0 Å². The van der Waals surface area contributed by atoms with E-state index in [1.807, 2.05) is 13.2 Å². The van der Waals surface area contributed by atoms with Gasteiger partial charge in [0.25, 0.3) is 0 Å². The van der Waals surface area contributed by atoms with E-state index in [-0.39, 0.29) is 0 Å². The number of nitrogens with one attached hydrogen (secondary N) is 2. The minimum atomic E-state index is 0.617. The molecule has 0 saturated carbocycles. The summed E-state index contributed by atoms with van der Waals surface area (Å²) in [5, 5.41) is 10.4. The molecular formula is C11H15BrN6. The van der Waals surface area contributed by atoms with E-state index < -0.39 is 0 Å². The summed E-state index contributed by atoms with van der Waals surface area (Å²) in [6, 6.07) is 0. The molecule has 2 aromatic rings. The monoisotopic (exact) mass is 310 g/mol. The standard InChI is InChI=1S/C11H15BrN6/c1-3-4-13-11-14-6-9(12)10(17-11)16-8-5-15-18(2)7-8/h5-7H,3-4H2,1-2H3,(H2,13,14,16,17). The van der Waals surface area contributed by atoms with Gasteiger partial charge < -0.3 is 10.6 Å². The van der Waals surface area contributed by atoms with Crippen LogP contribution in [0.1, 0.15) is 13.3 Å². The predicted molar refractivity (Wildman–Crippen MR) is 75.0 cm³/mol. The maximum absolute atomic E-state index is 4.40. The topological polar surface area (TPSA) is 67.7 Å². The summed E-state index contributed by atoms with van der Waals surface area (Å²) >= 11 is 3.42. The van der Waals surface area contributed by atoms with Crippen molar-refractivity contribution in [2.75, 3.05) is 17.2 Å². The number of aryl methyl sites for hydroxylation is 1. The molecule has 0 aliphatic carbocycles. The number of nitrogens with zero attached hydrogens (tertiary/aromatic N) is 4. The molecule has 0 radical (unpaired) electrons. The van der Waals surface area contributed by atoms with E-state index in [0.29, 0.717) is 5.95 Å². The SMILES string of the molecule is CCCNc1ncc(Br)c(Nc2cnn(C)c2)n1. The van der Waals surface area contributed by atoms with Gasteiger partial charge in [-0.15, -0.1) is 0 Å². The van der Waals surface area contributed by atoms with E-state index in [4.69, 9.17) is 0 Å². The third-order valence-corrected chi connectivity index (χ3v) is 2.83. The average molecular weight is 311 g/mol. The summed E-state index contributed by atoms with van der Waals surface area (Å²) in [7, 11) is 1.87. The van der Waals surface area contributed by atoms with Crippen molar-refractivity contribution in [2.45, 2.75) is 13.3 Å². The number of hydrogen-bond donors (Lipinski definition) is 2. The fraction of sp³-hybridized carbons (Fsp3) is 0.364. The van der Waals surface area contributed by atoms with Crippen LogP contribution in [-0.4, -0.2) is 26.3 Å². The molecule has 0 aliphatic heterocycles. The quantitative estimate of drug-likeness (QED) is 0.888. The molecule has 96 valence electrons. The fourth-order valence-corrected chi connectivity index (χ4v) is 1.69. The molecule has 2 aromatic heterocycles. The number of anilines is 3. The summed E-state index contributed by atoms with van der Waals surface area (Å²) < 4.78 is 2.54. The Kier molecular flexibility index (Phi) is 4.14. The first-order valence-electron chi connectivity index (χ1n) is 5.71. The van der Waals surface area contributed by atoms with Crippen molar-refractivity contribution in [3.63, 3.8) is 0 Å². The lowest BCUT2D eigenvalue weighted by atomic mass is 10.5. The van der Waals surface area contributed by atoms with Crippen LogP contribution in [0.15, 0.2) is 23.1 Å². The van der Waals surface area contributed by atoms with Gasteiger partial charge in [-0.05, 0) is 22.4 Å².